The molecule has 178 valence electrons. The third kappa shape index (κ3) is 5.88. The molecular formula is C29H29ClN4O. The molecule has 1 aliphatic heterocycles. The summed E-state index contributed by atoms with van der Waals surface area (Å²) in [5.41, 5.74) is 3.42. The molecule has 2 N–H and O–H groups in total. The molecule has 2 heterocycles. The van der Waals surface area contributed by atoms with Crippen molar-refractivity contribution in [3.05, 3.63) is 113 Å². The van der Waals surface area contributed by atoms with E-state index in [4.69, 9.17) is 11.6 Å². The predicted octanol–water partition coefficient (Wildman–Crippen LogP) is 4.94. The van der Waals surface area contributed by atoms with Crippen LogP contribution in [0.3, 0.4) is 0 Å². The van der Waals surface area contributed by atoms with Crippen LogP contribution in [-0.2, 0) is 24.4 Å². The van der Waals surface area contributed by atoms with E-state index < -0.39 is 0 Å². The lowest BCUT2D eigenvalue weighted by molar-refractivity contribution is -0.125. The maximum atomic E-state index is 13.2. The van der Waals surface area contributed by atoms with Gasteiger partial charge in [-0.2, -0.15) is 0 Å². The molecule has 1 saturated heterocycles. The van der Waals surface area contributed by atoms with E-state index in [-0.39, 0.29) is 18.0 Å². The average Bonchev–Trinajstić information content (AvgIpc) is 3.30. The highest BCUT2D eigenvalue weighted by molar-refractivity contribution is 6.30. The standard InChI is InChI=1S/C29H29ClN4O/c30-25-12-10-21(11-13-25)19-34-20-26(15-28(34)29(35)33-17-22-5-4-14-31-16-22)32-18-24-8-3-7-23-6-1-2-9-27(23)24/h1-14,16,26,28,32H,15,17-20H2,(H,33,35)/t26-,28-/m0/s1. The zero-order chi connectivity index (χ0) is 24.0. The minimum Gasteiger partial charge on any atom is -0.351 e. The summed E-state index contributed by atoms with van der Waals surface area (Å²) in [4.78, 5) is 19.7. The molecule has 0 radical (unpaired) electrons. The molecule has 1 aliphatic rings. The molecule has 5 nitrogen and oxygen atoms in total. The van der Waals surface area contributed by atoms with Crippen molar-refractivity contribution >= 4 is 28.3 Å². The number of halogens is 1. The number of carbonyl (C=O) groups is 1. The van der Waals surface area contributed by atoms with Gasteiger partial charge in [-0.3, -0.25) is 14.7 Å². The second kappa shape index (κ2) is 11.0. The maximum absolute atomic E-state index is 13.2. The lowest BCUT2D eigenvalue weighted by Crippen LogP contribution is -2.42. The van der Waals surface area contributed by atoms with Crippen LogP contribution in [0.2, 0.25) is 5.02 Å². The number of pyridine rings is 1. The fourth-order valence-corrected chi connectivity index (χ4v) is 4.96. The summed E-state index contributed by atoms with van der Waals surface area (Å²) in [7, 11) is 0. The molecule has 0 unspecified atom stereocenters. The molecule has 0 aliphatic carbocycles. The number of likely N-dealkylation sites (tertiary alicyclic amines) is 1. The van der Waals surface area contributed by atoms with Gasteiger partial charge in [0.25, 0.3) is 0 Å². The number of carbonyl (C=O) groups excluding carboxylic acids is 1. The molecule has 6 heteroatoms. The van der Waals surface area contributed by atoms with Crippen LogP contribution in [0.15, 0.2) is 91.3 Å². The van der Waals surface area contributed by atoms with E-state index in [1.54, 1.807) is 12.4 Å². The van der Waals surface area contributed by atoms with E-state index in [0.717, 1.165) is 35.7 Å². The SMILES string of the molecule is O=C(NCc1cccnc1)[C@@H]1C[C@H](NCc2cccc3ccccc23)CN1Cc1ccc(Cl)cc1. The number of benzene rings is 3. The van der Waals surface area contributed by atoms with Gasteiger partial charge in [-0.15, -0.1) is 0 Å². The molecule has 3 aromatic carbocycles. The second-order valence-corrected chi connectivity index (χ2v) is 9.54. The summed E-state index contributed by atoms with van der Waals surface area (Å²) in [6, 6.07) is 26.6. The van der Waals surface area contributed by atoms with Gasteiger partial charge in [-0.05, 0) is 52.1 Å². The fourth-order valence-electron chi connectivity index (χ4n) is 4.83. The number of fused-ring (bicyclic) bond motifs is 1. The number of nitrogens with zero attached hydrogens (tertiary/aromatic N) is 2. The summed E-state index contributed by atoms with van der Waals surface area (Å²) >= 11 is 6.08. The second-order valence-electron chi connectivity index (χ2n) is 9.10. The molecule has 35 heavy (non-hydrogen) atoms. The van der Waals surface area contributed by atoms with Crippen LogP contribution in [0.4, 0.5) is 0 Å². The van der Waals surface area contributed by atoms with Crippen LogP contribution in [0.25, 0.3) is 10.8 Å². The molecule has 0 bridgehead atoms. The van der Waals surface area contributed by atoms with E-state index in [1.165, 1.54) is 16.3 Å². The fraction of sp³-hybridized carbons (Fsp3) is 0.241. The summed E-state index contributed by atoms with van der Waals surface area (Å²) in [5, 5.41) is 10.1. The number of hydrogen-bond donors (Lipinski definition) is 2. The zero-order valence-corrected chi connectivity index (χ0v) is 20.3. The van der Waals surface area contributed by atoms with Gasteiger partial charge in [-0.25, -0.2) is 0 Å². The summed E-state index contributed by atoms with van der Waals surface area (Å²) in [6.07, 6.45) is 4.29. The smallest absolute Gasteiger partial charge is 0.237 e. The van der Waals surface area contributed by atoms with Gasteiger partial charge in [0.1, 0.15) is 0 Å². The van der Waals surface area contributed by atoms with Gasteiger partial charge < -0.3 is 10.6 Å². The molecule has 0 spiro atoms. The van der Waals surface area contributed by atoms with Gasteiger partial charge >= 0.3 is 0 Å². The van der Waals surface area contributed by atoms with Crippen LogP contribution < -0.4 is 10.6 Å². The lowest BCUT2D eigenvalue weighted by Gasteiger charge is -2.23. The first-order valence-electron chi connectivity index (χ1n) is 12.0. The van der Waals surface area contributed by atoms with Crippen molar-refractivity contribution in [3.8, 4) is 0 Å². The normalized spacial score (nSPS) is 18.1. The molecular weight excluding hydrogens is 456 g/mol. The highest BCUT2D eigenvalue weighted by atomic mass is 35.5. The summed E-state index contributed by atoms with van der Waals surface area (Å²) in [6.45, 7) is 2.75. The minimum atomic E-state index is -0.202. The lowest BCUT2D eigenvalue weighted by atomic mass is 10.0. The Morgan fingerprint density at radius 1 is 0.943 bits per heavy atom. The third-order valence-corrected chi connectivity index (χ3v) is 6.91. The molecule has 1 fully saturated rings. The number of hydrogen-bond acceptors (Lipinski definition) is 4. The number of nitrogens with one attached hydrogen (secondary N) is 2. The van der Waals surface area contributed by atoms with Crippen molar-refractivity contribution in [3.63, 3.8) is 0 Å². The van der Waals surface area contributed by atoms with E-state index in [2.05, 4.69) is 63.0 Å². The predicted molar refractivity (Wildman–Crippen MR) is 141 cm³/mol. The molecule has 4 aromatic rings. The topological polar surface area (TPSA) is 57.3 Å². The Hall–Kier alpha value is -3.25. The average molecular weight is 485 g/mol. The van der Waals surface area contributed by atoms with E-state index in [1.807, 2.05) is 36.4 Å². The van der Waals surface area contributed by atoms with Crippen LogP contribution in [-0.4, -0.2) is 34.4 Å². The quantitative estimate of drug-likeness (QED) is 0.372. The van der Waals surface area contributed by atoms with Crippen LogP contribution in [0, 0.1) is 0 Å². The van der Waals surface area contributed by atoms with Crippen LogP contribution in [0.1, 0.15) is 23.1 Å². The van der Waals surface area contributed by atoms with Gasteiger partial charge in [0.15, 0.2) is 0 Å². The Kier molecular flexibility index (Phi) is 7.38. The Balaban J connectivity index is 1.28. The van der Waals surface area contributed by atoms with Crippen molar-refractivity contribution in [2.24, 2.45) is 0 Å². The number of aromatic nitrogens is 1. The molecule has 2 atom stereocenters. The van der Waals surface area contributed by atoms with Crippen molar-refractivity contribution in [2.45, 2.75) is 38.1 Å². The zero-order valence-electron chi connectivity index (χ0n) is 19.5. The minimum absolute atomic E-state index is 0.0530. The maximum Gasteiger partial charge on any atom is 0.237 e. The Labute approximate surface area is 211 Å². The largest absolute Gasteiger partial charge is 0.351 e. The first-order chi connectivity index (χ1) is 17.2. The van der Waals surface area contributed by atoms with Crippen LogP contribution >= 0.6 is 11.6 Å². The summed E-state index contributed by atoms with van der Waals surface area (Å²) in [5.74, 6) is 0.0530. The van der Waals surface area contributed by atoms with Gasteiger partial charge in [0, 0.05) is 49.6 Å². The summed E-state index contributed by atoms with van der Waals surface area (Å²) < 4.78 is 0. The van der Waals surface area contributed by atoms with Gasteiger partial charge in [0.2, 0.25) is 5.91 Å². The molecule has 5 rings (SSSR count). The molecule has 1 aromatic heterocycles. The Bertz CT molecular complexity index is 1270. The highest BCUT2D eigenvalue weighted by Gasteiger charge is 2.36. The Morgan fingerprint density at radius 3 is 2.60 bits per heavy atom. The highest BCUT2D eigenvalue weighted by Crippen LogP contribution is 2.24. The Morgan fingerprint density at radius 2 is 1.77 bits per heavy atom. The monoisotopic (exact) mass is 484 g/mol. The van der Waals surface area contributed by atoms with E-state index in [0.29, 0.717) is 13.1 Å². The van der Waals surface area contributed by atoms with Crippen molar-refractivity contribution < 1.29 is 4.79 Å². The van der Waals surface area contributed by atoms with Crippen molar-refractivity contribution in [1.82, 2.24) is 20.5 Å². The third-order valence-electron chi connectivity index (χ3n) is 6.66. The van der Waals surface area contributed by atoms with Crippen molar-refractivity contribution in [1.29, 1.82) is 0 Å². The van der Waals surface area contributed by atoms with Gasteiger partial charge in [0.05, 0.1) is 6.04 Å². The molecule has 0 saturated carbocycles. The van der Waals surface area contributed by atoms with E-state index >= 15 is 0 Å². The number of rotatable bonds is 8. The van der Waals surface area contributed by atoms with E-state index in [9.17, 15) is 4.79 Å². The first kappa shape index (κ1) is 23.5. The van der Waals surface area contributed by atoms with Crippen molar-refractivity contribution in [2.75, 3.05) is 6.54 Å². The van der Waals surface area contributed by atoms with Gasteiger partial charge in [-0.1, -0.05) is 72.3 Å². The molecule has 1 amide bonds. The van der Waals surface area contributed by atoms with Crippen LogP contribution in [0.5, 0.6) is 0 Å². The first-order valence-corrected chi connectivity index (χ1v) is 12.4. The number of amides is 1.